The number of hydrogen-bond acceptors (Lipinski definition) is 8. The lowest BCUT2D eigenvalue weighted by atomic mass is 10.3. The summed E-state index contributed by atoms with van der Waals surface area (Å²) in [5, 5.41) is 13.4. The first kappa shape index (κ1) is 14.9. The molecule has 2 aromatic rings. The predicted molar refractivity (Wildman–Crippen MR) is 87.0 cm³/mol. The minimum atomic E-state index is 0.417. The molecule has 3 heterocycles. The van der Waals surface area contributed by atoms with Gasteiger partial charge in [0.2, 0.25) is 23.4 Å². The zero-order valence-electron chi connectivity index (χ0n) is 14.0. The monoisotopic (exact) mass is 340 g/mol. The fourth-order valence-electron chi connectivity index (χ4n) is 3.26. The van der Waals surface area contributed by atoms with E-state index in [9.17, 15) is 5.26 Å². The molecule has 8 heteroatoms. The Kier molecular flexibility index (Phi) is 3.48. The van der Waals surface area contributed by atoms with Crippen LogP contribution in [0.3, 0.4) is 0 Å². The second kappa shape index (κ2) is 5.85. The molecule has 8 nitrogen and oxygen atoms in total. The van der Waals surface area contributed by atoms with Gasteiger partial charge in [0, 0.05) is 38.0 Å². The molecule has 5 rings (SSSR count). The summed E-state index contributed by atoms with van der Waals surface area (Å²) >= 11 is 0. The van der Waals surface area contributed by atoms with Crippen LogP contribution in [0, 0.1) is 11.3 Å². The highest BCUT2D eigenvalue weighted by molar-refractivity contribution is 5.48. The Morgan fingerprint density at radius 2 is 1.80 bits per heavy atom. The van der Waals surface area contributed by atoms with E-state index < -0.39 is 0 Å². The lowest BCUT2D eigenvalue weighted by Gasteiger charge is -2.33. The maximum absolute atomic E-state index is 9.33. The van der Waals surface area contributed by atoms with Gasteiger partial charge in [0.05, 0.1) is 6.54 Å². The van der Waals surface area contributed by atoms with Crippen molar-refractivity contribution >= 4 is 5.88 Å². The van der Waals surface area contributed by atoms with Crippen LogP contribution in [-0.2, 0) is 6.54 Å². The van der Waals surface area contributed by atoms with Crippen LogP contribution in [0.5, 0.6) is 0 Å². The van der Waals surface area contributed by atoms with Gasteiger partial charge in [-0.1, -0.05) is 5.16 Å². The molecule has 25 heavy (non-hydrogen) atoms. The molecule has 0 radical (unpaired) electrons. The van der Waals surface area contributed by atoms with E-state index >= 15 is 0 Å². The Bertz CT molecular complexity index is 805. The van der Waals surface area contributed by atoms with E-state index in [0.717, 1.165) is 50.7 Å². The van der Waals surface area contributed by atoms with Crippen LogP contribution < -0.4 is 4.90 Å². The molecule has 2 aromatic heterocycles. The zero-order chi connectivity index (χ0) is 16.8. The first-order valence-corrected chi connectivity index (χ1v) is 9.01. The number of aromatic nitrogens is 3. The smallest absolute Gasteiger partial charge is 0.240 e. The predicted octanol–water partition coefficient (Wildman–Crippen LogP) is 2.01. The molecule has 0 spiro atoms. The van der Waals surface area contributed by atoms with E-state index in [4.69, 9.17) is 8.94 Å². The summed E-state index contributed by atoms with van der Waals surface area (Å²) < 4.78 is 11.3. The van der Waals surface area contributed by atoms with Gasteiger partial charge < -0.3 is 13.8 Å². The lowest BCUT2D eigenvalue weighted by molar-refractivity contribution is 0.212. The van der Waals surface area contributed by atoms with Crippen LogP contribution in [-0.4, -0.2) is 46.2 Å². The zero-order valence-corrected chi connectivity index (χ0v) is 14.0. The molecule has 0 unspecified atom stereocenters. The molecule has 0 bridgehead atoms. The van der Waals surface area contributed by atoms with E-state index in [2.05, 4.69) is 31.0 Å². The normalized spacial score (nSPS) is 21.5. The van der Waals surface area contributed by atoms with E-state index in [-0.39, 0.29) is 0 Å². The third-order valence-electron chi connectivity index (χ3n) is 5.10. The van der Waals surface area contributed by atoms with Crippen molar-refractivity contribution in [2.24, 2.45) is 0 Å². The highest BCUT2D eigenvalue weighted by Crippen LogP contribution is 2.41. The van der Waals surface area contributed by atoms with Crippen molar-refractivity contribution in [3.63, 3.8) is 0 Å². The van der Waals surface area contributed by atoms with Gasteiger partial charge in [-0.15, -0.1) is 0 Å². The van der Waals surface area contributed by atoms with Gasteiger partial charge in [0.15, 0.2) is 5.82 Å². The fourth-order valence-corrected chi connectivity index (χ4v) is 3.26. The van der Waals surface area contributed by atoms with Crippen molar-refractivity contribution < 1.29 is 8.94 Å². The summed E-state index contributed by atoms with van der Waals surface area (Å²) in [5.41, 5.74) is 0.418. The number of anilines is 1. The molecule has 1 saturated heterocycles. The van der Waals surface area contributed by atoms with Gasteiger partial charge >= 0.3 is 0 Å². The molecule has 1 aliphatic heterocycles. The molecule has 0 N–H and O–H groups in total. The van der Waals surface area contributed by atoms with Crippen LogP contribution in [0.1, 0.15) is 60.8 Å². The molecule has 2 saturated carbocycles. The van der Waals surface area contributed by atoms with Crippen molar-refractivity contribution in [2.45, 2.75) is 44.1 Å². The molecule has 0 amide bonds. The second-order valence-electron chi connectivity index (χ2n) is 7.18. The molecular weight excluding hydrogens is 320 g/mol. The van der Waals surface area contributed by atoms with Crippen LogP contribution in [0.2, 0.25) is 0 Å². The third kappa shape index (κ3) is 3.00. The first-order chi connectivity index (χ1) is 12.3. The average molecular weight is 340 g/mol. The Balaban J connectivity index is 1.21. The Hall–Kier alpha value is -2.40. The molecular formula is C17H20N6O2. The van der Waals surface area contributed by atoms with Gasteiger partial charge in [-0.3, -0.25) is 4.90 Å². The van der Waals surface area contributed by atoms with Gasteiger partial charge in [0.1, 0.15) is 6.07 Å². The Labute approximate surface area is 145 Å². The number of oxazole rings is 1. The summed E-state index contributed by atoms with van der Waals surface area (Å²) in [6.45, 7) is 4.02. The largest absolute Gasteiger partial charge is 0.423 e. The maximum Gasteiger partial charge on any atom is 0.240 e. The minimum absolute atomic E-state index is 0.417. The molecule has 0 aromatic carbocycles. The van der Waals surface area contributed by atoms with Gasteiger partial charge in [-0.2, -0.15) is 10.2 Å². The minimum Gasteiger partial charge on any atom is -0.423 e. The van der Waals surface area contributed by atoms with Gasteiger partial charge in [-0.25, -0.2) is 4.98 Å². The summed E-state index contributed by atoms with van der Waals surface area (Å²) in [5.74, 6) is 3.86. The molecule has 0 atom stereocenters. The van der Waals surface area contributed by atoms with Gasteiger partial charge in [-0.05, 0) is 25.7 Å². The SMILES string of the molecule is N#Cc1nc(C2CC2)oc1N1CCN(Cc2nc(C3CC3)no2)CC1. The first-order valence-electron chi connectivity index (χ1n) is 9.01. The van der Waals surface area contributed by atoms with Crippen LogP contribution in [0.15, 0.2) is 8.94 Å². The molecule has 2 aliphatic carbocycles. The fraction of sp³-hybridized carbons (Fsp3) is 0.647. The highest BCUT2D eigenvalue weighted by Gasteiger charge is 2.33. The Morgan fingerprint density at radius 1 is 1.04 bits per heavy atom. The van der Waals surface area contributed by atoms with Gasteiger partial charge in [0.25, 0.3) is 0 Å². The standard InChI is InChI=1S/C17H20N6O2/c18-9-13-17(24-16(19-13)12-3-4-12)23-7-5-22(6-8-23)10-14-20-15(21-25-14)11-1-2-11/h11-12H,1-8,10H2. The van der Waals surface area contributed by atoms with E-state index in [1.54, 1.807) is 0 Å². The van der Waals surface area contributed by atoms with Crippen molar-refractivity contribution in [1.29, 1.82) is 5.26 Å². The summed E-state index contributed by atoms with van der Waals surface area (Å²) in [4.78, 5) is 13.3. The summed E-state index contributed by atoms with van der Waals surface area (Å²) in [6, 6.07) is 2.17. The number of nitriles is 1. The molecule has 3 aliphatic rings. The number of rotatable bonds is 5. The quantitative estimate of drug-likeness (QED) is 0.815. The lowest BCUT2D eigenvalue weighted by Crippen LogP contribution is -2.46. The van der Waals surface area contributed by atoms with Crippen LogP contribution in [0.25, 0.3) is 0 Å². The van der Waals surface area contributed by atoms with Crippen molar-refractivity contribution in [2.75, 3.05) is 31.1 Å². The van der Waals surface area contributed by atoms with E-state index in [0.29, 0.717) is 35.8 Å². The number of nitrogens with zero attached hydrogens (tertiary/aromatic N) is 6. The third-order valence-corrected chi connectivity index (χ3v) is 5.10. The Morgan fingerprint density at radius 3 is 2.48 bits per heavy atom. The second-order valence-corrected chi connectivity index (χ2v) is 7.18. The van der Waals surface area contributed by atoms with E-state index in [1.807, 2.05) is 0 Å². The van der Waals surface area contributed by atoms with Crippen LogP contribution in [0.4, 0.5) is 5.88 Å². The summed E-state index contributed by atoms with van der Waals surface area (Å²) in [7, 11) is 0. The maximum atomic E-state index is 9.33. The number of piperazine rings is 1. The van der Waals surface area contributed by atoms with Crippen molar-refractivity contribution in [3.05, 3.63) is 23.3 Å². The number of hydrogen-bond donors (Lipinski definition) is 0. The topological polar surface area (TPSA) is 95.2 Å². The molecule has 130 valence electrons. The average Bonchev–Trinajstić information content (AvgIpc) is 3.57. The van der Waals surface area contributed by atoms with Crippen molar-refractivity contribution in [3.8, 4) is 6.07 Å². The van der Waals surface area contributed by atoms with Crippen LogP contribution >= 0.6 is 0 Å². The van der Waals surface area contributed by atoms with Crippen molar-refractivity contribution in [1.82, 2.24) is 20.0 Å². The molecule has 3 fully saturated rings. The summed E-state index contributed by atoms with van der Waals surface area (Å²) in [6.07, 6.45) is 4.59. The highest BCUT2D eigenvalue weighted by atomic mass is 16.5. The van der Waals surface area contributed by atoms with E-state index in [1.165, 1.54) is 12.8 Å².